The largest absolute Gasteiger partial charge is 0.494 e. The third kappa shape index (κ3) is 5.81. The van der Waals surface area contributed by atoms with Crippen LogP contribution in [0.2, 0.25) is 0 Å². The molecule has 1 aliphatic rings. The van der Waals surface area contributed by atoms with Crippen molar-refractivity contribution < 1.29 is 9.84 Å². The van der Waals surface area contributed by atoms with Crippen LogP contribution in [-0.2, 0) is 0 Å². The molecule has 1 N–H and O–H groups in total. The second-order valence-corrected chi connectivity index (χ2v) is 7.75. The minimum absolute atomic E-state index is 0.267. The van der Waals surface area contributed by atoms with Crippen molar-refractivity contribution >= 4 is 0 Å². The van der Waals surface area contributed by atoms with Crippen molar-refractivity contribution in [2.24, 2.45) is 0 Å². The monoisotopic (exact) mass is 382 g/mol. The van der Waals surface area contributed by atoms with Crippen molar-refractivity contribution in [1.29, 1.82) is 0 Å². The van der Waals surface area contributed by atoms with Gasteiger partial charge in [-0.1, -0.05) is 30.3 Å². The Morgan fingerprint density at radius 3 is 2.04 bits per heavy atom. The van der Waals surface area contributed by atoms with Gasteiger partial charge in [0, 0.05) is 32.7 Å². The normalized spacial score (nSPS) is 15.7. The highest BCUT2D eigenvalue weighted by Gasteiger charge is 2.15. The maximum atomic E-state index is 9.01. The second kappa shape index (κ2) is 10.6. The zero-order valence-corrected chi connectivity index (χ0v) is 17.4. The number of β-amino-alcohol motifs (C(OH)–C–C–N with tert-alkyl or cyclic N) is 1. The zero-order valence-electron chi connectivity index (χ0n) is 17.4. The molecule has 4 nitrogen and oxygen atoms in total. The molecule has 1 saturated heterocycles. The third-order valence-corrected chi connectivity index (χ3v) is 5.64. The number of nitrogens with zero attached hydrogens (tertiary/aromatic N) is 2. The lowest BCUT2D eigenvalue weighted by Gasteiger charge is -2.34. The summed E-state index contributed by atoms with van der Waals surface area (Å²) in [5, 5.41) is 9.01. The second-order valence-electron chi connectivity index (χ2n) is 7.75. The van der Waals surface area contributed by atoms with Crippen LogP contribution in [0.15, 0.2) is 42.5 Å². The molecular weight excluding hydrogens is 348 g/mol. The number of aliphatic hydroxyl groups is 1. The third-order valence-electron chi connectivity index (χ3n) is 5.64. The zero-order chi connectivity index (χ0) is 19.8. The lowest BCUT2D eigenvalue weighted by Crippen LogP contribution is -2.47. The molecule has 2 aromatic rings. The number of ether oxygens (including phenoxy) is 1. The molecule has 152 valence electrons. The van der Waals surface area contributed by atoms with Crippen LogP contribution in [0.4, 0.5) is 0 Å². The van der Waals surface area contributed by atoms with Crippen LogP contribution in [0.25, 0.3) is 11.1 Å². The van der Waals surface area contributed by atoms with Gasteiger partial charge in [-0.2, -0.15) is 0 Å². The quantitative estimate of drug-likeness (QED) is 0.670. The first-order valence-corrected chi connectivity index (χ1v) is 10.5. The number of piperazine rings is 1. The standard InChI is InChI=1S/C24H34N2O2/c1-20-6-5-7-21(2)24(20)22-8-10-23(11-9-22)28-19-4-3-12-25-13-15-26(16-14-25)17-18-27/h5-11,27H,3-4,12-19H2,1-2H3. The van der Waals surface area contributed by atoms with E-state index in [2.05, 4.69) is 66.1 Å². The molecule has 0 saturated carbocycles. The van der Waals surface area contributed by atoms with E-state index in [1.807, 2.05) is 0 Å². The Labute approximate surface area is 169 Å². The van der Waals surface area contributed by atoms with E-state index >= 15 is 0 Å². The summed E-state index contributed by atoms with van der Waals surface area (Å²) in [7, 11) is 0. The average Bonchev–Trinajstić information content (AvgIpc) is 2.70. The number of unbranched alkanes of at least 4 members (excludes halogenated alkanes) is 1. The first kappa shape index (κ1) is 20.8. The van der Waals surface area contributed by atoms with Gasteiger partial charge in [0.2, 0.25) is 0 Å². The minimum Gasteiger partial charge on any atom is -0.494 e. The van der Waals surface area contributed by atoms with Gasteiger partial charge in [0.1, 0.15) is 5.75 Å². The van der Waals surface area contributed by atoms with Crippen LogP contribution < -0.4 is 4.74 Å². The molecule has 0 spiro atoms. The molecule has 0 bridgehead atoms. The molecule has 4 heteroatoms. The van der Waals surface area contributed by atoms with Crippen LogP contribution in [0.3, 0.4) is 0 Å². The summed E-state index contributed by atoms with van der Waals surface area (Å²) in [6.07, 6.45) is 2.25. The fourth-order valence-electron chi connectivity index (χ4n) is 3.99. The first-order valence-electron chi connectivity index (χ1n) is 10.5. The Bertz CT molecular complexity index is 702. The fraction of sp³-hybridized carbons (Fsp3) is 0.500. The average molecular weight is 383 g/mol. The molecule has 28 heavy (non-hydrogen) atoms. The van der Waals surface area contributed by atoms with Gasteiger partial charge in [-0.15, -0.1) is 0 Å². The van der Waals surface area contributed by atoms with E-state index in [1.165, 1.54) is 28.7 Å². The molecule has 0 aliphatic carbocycles. The molecule has 3 rings (SSSR count). The van der Waals surface area contributed by atoms with E-state index in [0.717, 1.165) is 58.0 Å². The van der Waals surface area contributed by atoms with Crippen LogP contribution in [0, 0.1) is 13.8 Å². The van der Waals surface area contributed by atoms with Gasteiger partial charge in [-0.3, -0.25) is 4.90 Å². The summed E-state index contributed by atoms with van der Waals surface area (Å²) >= 11 is 0. The summed E-state index contributed by atoms with van der Waals surface area (Å²) in [5.41, 5.74) is 5.20. The van der Waals surface area contributed by atoms with E-state index in [0.29, 0.717) is 0 Å². The van der Waals surface area contributed by atoms with Gasteiger partial charge in [-0.05, 0) is 67.6 Å². The summed E-state index contributed by atoms with van der Waals surface area (Å²) in [5.74, 6) is 0.951. The predicted molar refractivity (Wildman–Crippen MR) is 116 cm³/mol. The van der Waals surface area contributed by atoms with Gasteiger partial charge in [-0.25, -0.2) is 0 Å². The lowest BCUT2D eigenvalue weighted by atomic mass is 9.96. The summed E-state index contributed by atoms with van der Waals surface area (Å²) < 4.78 is 5.94. The number of aryl methyl sites for hydroxylation is 2. The maximum absolute atomic E-state index is 9.01. The van der Waals surface area contributed by atoms with Gasteiger partial charge < -0.3 is 14.7 Å². The topological polar surface area (TPSA) is 35.9 Å². The lowest BCUT2D eigenvalue weighted by molar-refractivity contribution is 0.110. The van der Waals surface area contributed by atoms with Crippen molar-refractivity contribution in [1.82, 2.24) is 9.80 Å². The van der Waals surface area contributed by atoms with Crippen molar-refractivity contribution in [2.75, 3.05) is 52.5 Å². The van der Waals surface area contributed by atoms with E-state index in [9.17, 15) is 0 Å². The Hall–Kier alpha value is -1.88. The molecule has 0 amide bonds. The van der Waals surface area contributed by atoms with Crippen molar-refractivity contribution in [2.45, 2.75) is 26.7 Å². The molecule has 0 aromatic heterocycles. The number of hydrogen-bond donors (Lipinski definition) is 1. The van der Waals surface area contributed by atoms with Crippen molar-refractivity contribution in [3.63, 3.8) is 0 Å². The number of rotatable bonds is 9. The molecule has 1 fully saturated rings. The Balaban J connectivity index is 1.37. The van der Waals surface area contributed by atoms with Crippen LogP contribution in [0.1, 0.15) is 24.0 Å². The summed E-state index contributed by atoms with van der Waals surface area (Å²) in [6.45, 7) is 11.7. The predicted octanol–water partition coefficient (Wildman–Crippen LogP) is 3.74. The molecule has 2 aromatic carbocycles. The first-order chi connectivity index (χ1) is 13.7. The smallest absolute Gasteiger partial charge is 0.119 e. The molecule has 1 aliphatic heterocycles. The van der Waals surface area contributed by atoms with E-state index in [-0.39, 0.29) is 6.61 Å². The molecular formula is C24H34N2O2. The van der Waals surface area contributed by atoms with Crippen molar-refractivity contribution in [3.05, 3.63) is 53.6 Å². The van der Waals surface area contributed by atoms with E-state index in [4.69, 9.17) is 9.84 Å². The highest BCUT2D eigenvalue weighted by Crippen LogP contribution is 2.28. The van der Waals surface area contributed by atoms with Gasteiger partial charge >= 0.3 is 0 Å². The highest BCUT2D eigenvalue weighted by atomic mass is 16.5. The number of benzene rings is 2. The maximum Gasteiger partial charge on any atom is 0.119 e. The number of aliphatic hydroxyl groups excluding tert-OH is 1. The van der Waals surface area contributed by atoms with Gasteiger partial charge in [0.05, 0.1) is 13.2 Å². The summed E-state index contributed by atoms with van der Waals surface area (Å²) in [4.78, 5) is 4.86. The molecule has 0 atom stereocenters. The van der Waals surface area contributed by atoms with Crippen LogP contribution in [0.5, 0.6) is 5.75 Å². The Kier molecular flexibility index (Phi) is 7.90. The van der Waals surface area contributed by atoms with Crippen LogP contribution in [-0.4, -0.2) is 67.4 Å². The van der Waals surface area contributed by atoms with Crippen LogP contribution >= 0.6 is 0 Å². The minimum atomic E-state index is 0.267. The Morgan fingerprint density at radius 1 is 0.821 bits per heavy atom. The fourth-order valence-corrected chi connectivity index (χ4v) is 3.99. The molecule has 0 radical (unpaired) electrons. The molecule has 1 heterocycles. The highest BCUT2D eigenvalue weighted by molar-refractivity contribution is 5.71. The van der Waals surface area contributed by atoms with Crippen molar-refractivity contribution in [3.8, 4) is 16.9 Å². The van der Waals surface area contributed by atoms with E-state index in [1.54, 1.807) is 0 Å². The van der Waals surface area contributed by atoms with Gasteiger partial charge in [0.25, 0.3) is 0 Å². The molecule has 0 unspecified atom stereocenters. The SMILES string of the molecule is Cc1cccc(C)c1-c1ccc(OCCCCN2CCN(CCO)CC2)cc1. The summed E-state index contributed by atoms with van der Waals surface area (Å²) in [6, 6.07) is 14.9. The Morgan fingerprint density at radius 2 is 1.43 bits per heavy atom. The van der Waals surface area contributed by atoms with E-state index < -0.39 is 0 Å². The number of hydrogen-bond acceptors (Lipinski definition) is 4. The van der Waals surface area contributed by atoms with Gasteiger partial charge in [0.15, 0.2) is 0 Å².